The minimum absolute atomic E-state index is 0.00471. The number of hydrogen-bond donors (Lipinski definition) is 1. The molecule has 92 valence electrons. The average molecular weight is 346 g/mol. The molecule has 0 atom stereocenters. The first kappa shape index (κ1) is 13.3. The quantitative estimate of drug-likeness (QED) is 0.918. The Morgan fingerprint density at radius 3 is 2.83 bits per heavy atom. The normalized spacial score (nSPS) is 10.3. The van der Waals surface area contributed by atoms with E-state index in [0.717, 1.165) is 9.37 Å². The number of carbonyl (C=O) groups is 1. The van der Waals surface area contributed by atoms with Crippen LogP contribution in [0.1, 0.15) is 10.5 Å². The monoisotopic (exact) mass is 344 g/mol. The molecule has 18 heavy (non-hydrogen) atoms. The summed E-state index contributed by atoms with van der Waals surface area (Å²) in [6.07, 6.45) is 2.99. The van der Waals surface area contributed by atoms with E-state index in [1.807, 2.05) is 0 Å². The standard InChI is InChI=1S/C11H6BrClN2O2S/c12-8-3-6(13)5-15-10(8)18-7-1-2-14-9(4-7)11(16)17/h1-5H,(H,16,17). The van der Waals surface area contributed by atoms with Crippen molar-refractivity contribution in [2.75, 3.05) is 0 Å². The van der Waals surface area contributed by atoms with Crippen LogP contribution in [0.5, 0.6) is 0 Å². The fourth-order valence-corrected chi connectivity index (χ4v) is 2.85. The van der Waals surface area contributed by atoms with Crippen molar-refractivity contribution in [1.29, 1.82) is 0 Å². The molecule has 0 spiro atoms. The van der Waals surface area contributed by atoms with E-state index in [-0.39, 0.29) is 5.69 Å². The molecule has 2 rings (SSSR count). The van der Waals surface area contributed by atoms with Crippen LogP contribution in [0.3, 0.4) is 0 Å². The van der Waals surface area contributed by atoms with Crippen LogP contribution in [0.25, 0.3) is 0 Å². The fourth-order valence-electron chi connectivity index (χ4n) is 1.18. The lowest BCUT2D eigenvalue weighted by molar-refractivity contribution is 0.0690. The Morgan fingerprint density at radius 1 is 1.39 bits per heavy atom. The van der Waals surface area contributed by atoms with E-state index >= 15 is 0 Å². The van der Waals surface area contributed by atoms with Crippen LogP contribution in [-0.4, -0.2) is 21.0 Å². The third-order valence-corrected chi connectivity index (χ3v) is 4.02. The zero-order valence-corrected chi connectivity index (χ0v) is 12.0. The Bertz CT molecular complexity index is 609. The topological polar surface area (TPSA) is 63.1 Å². The number of pyridine rings is 2. The molecule has 2 aromatic heterocycles. The summed E-state index contributed by atoms with van der Waals surface area (Å²) in [7, 11) is 0. The Hall–Kier alpha value is -1.11. The lowest BCUT2D eigenvalue weighted by Crippen LogP contribution is -1.99. The van der Waals surface area contributed by atoms with Crippen molar-refractivity contribution in [3.63, 3.8) is 0 Å². The van der Waals surface area contributed by atoms with E-state index in [9.17, 15) is 4.79 Å². The summed E-state index contributed by atoms with van der Waals surface area (Å²) in [5.41, 5.74) is 0.00471. The fraction of sp³-hybridized carbons (Fsp3) is 0. The van der Waals surface area contributed by atoms with E-state index in [2.05, 4.69) is 25.9 Å². The lowest BCUT2D eigenvalue weighted by Gasteiger charge is -2.04. The van der Waals surface area contributed by atoms with Gasteiger partial charge >= 0.3 is 5.97 Å². The average Bonchev–Trinajstić information content (AvgIpc) is 2.33. The summed E-state index contributed by atoms with van der Waals surface area (Å²) >= 11 is 10.5. The third kappa shape index (κ3) is 3.22. The van der Waals surface area contributed by atoms with Crippen molar-refractivity contribution < 1.29 is 9.90 Å². The number of hydrogen-bond acceptors (Lipinski definition) is 4. The van der Waals surface area contributed by atoms with Gasteiger partial charge in [-0.3, -0.25) is 0 Å². The molecule has 7 heteroatoms. The van der Waals surface area contributed by atoms with Gasteiger partial charge in [0.25, 0.3) is 0 Å². The Morgan fingerprint density at radius 2 is 2.17 bits per heavy atom. The van der Waals surface area contributed by atoms with Crippen LogP contribution in [0.4, 0.5) is 0 Å². The second kappa shape index (κ2) is 5.69. The van der Waals surface area contributed by atoms with Gasteiger partial charge in [0.15, 0.2) is 0 Å². The van der Waals surface area contributed by atoms with E-state index in [4.69, 9.17) is 16.7 Å². The Balaban J connectivity index is 2.28. The number of halogens is 2. The van der Waals surface area contributed by atoms with Crippen LogP contribution < -0.4 is 0 Å². The predicted molar refractivity (Wildman–Crippen MR) is 72.3 cm³/mol. The van der Waals surface area contributed by atoms with Crippen molar-refractivity contribution in [1.82, 2.24) is 9.97 Å². The molecule has 0 aliphatic rings. The van der Waals surface area contributed by atoms with Crippen molar-refractivity contribution >= 4 is 45.3 Å². The van der Waals surface area contributed by atoms with Crippen molar-refractivity contribution in [3.8, 4) is 0 Å². The van der Waals surface area contributed by atoms with Gasteiger partial charge in [0.2, 0.25) is 0 Å². The van der Waals surface area contributed by atoms with E-state index in [1.54, 1.807) is 12.1 Å². The van der Waals surface area contributed by atoms with Gasteiger partial charge < -0.3 is 5.11 Å². The molecular formula is C11H6BrClN2O2S. The number of aromatic nitrogens is 2. The SMILES string of the molecule is O=C(O)c1cc(Sc2ncc(Cl)cc2Br)ccn1. The Labute approximate surface area is 121 Å². The second-order valence-corrected chi connectivity index (χ2v) is 5.58. The van der Waals surface area contributed by atoms with E-state index in [0.29, 0.717) is 10.0 Å². The molecule has 0 aliphatic carbocycles. The molecular weight excluding hydrogens is 340 g/mol. The van der Waals surface area contributed by atoms with Gasteiger partial charge in [0, 0.05) is 17.3 Å². The summed E-state index contributed by atoms with van der Waals surface area (Å²) in [6.45, 7) is 0. The van der Waals surface area contributed by atoms with Gasteiger partial charge in [-0.05, 0) is 34.1 Å². The predicted octanol–water partition coefficient (Wildman–Crippen LogP) is 3.74. The number of carboxylic acids is 1. The largest absolute Gasteiger partial charge is 0.477 e. The Kier molecular flexibility index (Phi) is 4.21. The van der Waals surface area contributed by atoms with E-state index in [1.165, 1.54) is 30.2 Å². The summed E-state index contributed by atoms with van der Waals surface area (Å²) in [6, 6.07) is 4.95. The number of nitrogens with zero attached hydrogens (tertiary/aromatic N) is 2. The molecule has 0 bridgehead atoms. The highest BCUT2D eigenvalue weighted by Crippen LogP contribution is 2.32. The highest BCUT2D eigenvalue weighted by atomic mass is 79.9. The van der Waals surface area contributed by atoms with Crippen molar-refractivity contribution in [2.24, 2.45) is 0 Å². The summed E-state index contributed by atoms with van der Waals surface area (Å²) in [5, 5.41) is 10.1. The maximum Gasteiger partial charge on any atom is 0.354 e. The first-order valence-corrected chi connectivity index (χ1v) is 6.73. The molecule has 0 radical (unpaired) electrons. The molecule has 0 aliphatic heterocycles. The molecule has 0 aromatic carbocycles. The molecule has 0 fully saturated rings. The molecule has 0 amide bonds. The molecule has 4 nitrogen and oxygen atoms in total. The zero-order valence-electron chi connectivity index (χ0n) is 8.80. The van der Waals surface area contributed by atoms with Crippen LogP contribution in [0.15, 0.2) is 45.0 Å². The van der Waals surface area contributed by atoms with Crippen LogP contribution in [-0.2, 0) is 0 Å². The number of carboxylic acid groups (broad SMARTS) is 1. The highest BCUT2D eigenvalue weighted by molar-refractivity contribution is 9.10. The van der Waals surface area contributed by atoms with Crippen molar-refractivity contribution in [2.45, 2.75) is 9.92 Å². The van der Waals surface area contributed by atoms with Gasteiger partial charge in [-0.1, -0.05) is 23.4 Å². The summed E-state index contributed by atoms with van der Waals surface area (Å²) in [4.78, 5) is 19.5. The van der Waals surface area contributed by atoms with Crippen LogP contribution >= 0.6 is 39.3 Å². The van der Waals surface area contributed by atoms with Crippen LogP contribution in [0, 0.1) is 0 Å². The minimum atomic E-state index is -1.06. The molecule has 2 aromatic rings. The first-order valence-electron chi connectivity index (χ1n) is 4.74. The summed E-state index contributed by atoms with van der Waals surface area (Å²) < 4.78 is 0.758. The minimum Gasteiger partial charge on any atom is -0.477 e. The number of aromatic carboxylic acids is 1. The third-order valence-electron chi connectivity index (χ3n) is 1.94. The van der Waals surface area contributed by atoms with Gasteiger partial charge in [-0.15, -0.1) is 0 Å². The van der Waals surface area contributed by atoms with E-state index < -0.39 is 5.97 Å². The first-order chi connectivity index (χ1) is 8.56. The molecule has 0 saturated heterocycles. The molecule has 0 saturated carbocycles. The molecule has 0 unspecified atom stereocenters. The maximum atomic E-state index is 10.8. The van der Waals surface area contributed by atoms with Gasteiger partial charge in [0.05, 0.1) is 9.50 Å². The highest BCUT2D eigenvalue weighted by Gasteiger charge is 2.08. The molecule has 2 heterocycles. The second-order valence-electron chi connectivity index (χ2n) is 3.22. The molecule has 1 N–H and O–H groups in total. The van der Waals surface area contributed by atoms with Crippen LogP contribution in [0.2, 0.25) is 5.02 Å². The van der Waals surface area contributed by atoms with Gasteiger partial charge in [0.1, 0.15) is 10.7 Å². The smallest absolute Gasteiger partial charge is 0.354 e. The maximum absolute atomic E-state index is 10.8. The van der Waals surface area contributed by atoms with Crippen molar-refractivity contribution in [3.05, 3.63) is 45.8 Å². The number of rotatable bonds is 3. The van der Waals surface area contributed by atoms with Gasteiger partial charge in [-0.25, -0.2) is 14.8 Å². The zero-order chi connectivity index (χ0) is 13.1. The lowest BCUT2D eigenvalue weighted by atomic mass is 10.3. The van der Waals surface area contributed by atoms with Gasteiger partial charge in [-0.2, -0.15) is 0 Å². The summed E-state index contributed by atoms with van der Waals surface area (Å²) in [5.74, 6) is -1.06.